The fourth-order valence-corrected chi connectivity index (χ4v) is 1.97. The summed E-state index contributed by atoms with van der Waals surface area (Å²) in [5, 5.41) is 5.30. The van der Waals surface area contributed by atoms with Crippen molar-refractivity contribution in [1.29, 1.82) is 0 Å². The molecule has 0 bridgehead atoms. The Morgan fingerprint density at radius 2 is 2.06 bits per heavy atom. The van der Waals surface area contributed by atoms with E-state index in [1.165, 1.54) is 0 Å². The molecule has 0 saturated carbocycles. The zero-order valence-electron chi connectivity index (χ0n) is 8.95. The normalized spacial score (nSPS) is 10.5. The van der Waals surface area contributed by atoms with Crippen LogP contribution in [0, 0.1) is 0 Å². The molecule has 0 unspecified atom stereocenters. The molecule has 0 aliphatic rings. The summed E-state index contributed by atoms with van der Waals surface area (Å²) in [7, 11) is 1.81. The molecular formula is C11H9Cl2N3S. The Morgan fingerprint density at radius 1 is 1.35 bits per heavy atom. The zero-order valence-corrected chi connectivity index (χ0v) is 11.3. The van der Waals surface area contributed by atoms with Crippen LogP contribution in [0.15, 0.2) is 24.4 Å². The molecule has 3 nitrogen and oxygen atoms in total. The van der Waals surface area contributed by atoms with Gasteiger partial charge in [0.1, 0.15) is 10.7 Å². The van der Waals surface area contributed by atoms with Crippen molar-refractivity contribution in [2.24, 2.45) is 12.8 Å². The van der Waals surface area contributed by atoms with Crippen LogP contribution in [-0.4, -0.2) is 14.8 Å². The van der Waals surface area contributed by atoms with Gasteiger partial charge in [0.2, 0.25) is 0 Å². The number of hydrogen-bond donors (Lipinski definition) is 1. The first-order valence-corrected chi connectivity index (χ1v) is 5.94. The van der Waals surface area contributed by atoms with E-state index in [4.69, 9.17) is 41.2 Å². The monoisotopic (exact) mass is 285 g/mol. The van der Waals surface area contributed by atoms with Gasteiger partial charge in [-0.2, -0.15) is 5.10 Å². The van der Waals surface area contributed by atoms with Gasteiger partial charge in [-0.05, 0) is 12.1 Å². The lowest BCUT2D eigenvalue weighted by molar-refractivity contribution is 0.771. The van der Waals surface area contributed by atoms with E-state index in [1.54, 1.807) is 23.0 Å². The van der Waals surface area contributed by atoms with Crippen LogP contribution in [-0.2, 0) is 7.05 Å². The smallest absolute Gasteiger partial charge is 0.107 e. The molecule has 17 heavy (non-hydrogen) atoms. The molecule has 0 saturated heterocycles. The molecule has 1 aromatic carbocycles. The van der Waals surface area contributed by atoms with Gasteiger partial charge in [0.15, 0.2) is 0 Å². The average Bonchev–Trinajstić information content (AvgIpc) is 2.64. The number of nitrogens with zero attached hydrogens (tertiary/aromatic N) is 2. The van der Waals surface area contributed by atoms with Gasteiger partial charge in [-0.1, -0.05) is 41.5 Å². The van der Waals surface area contributed by atoms with E-state index in [9.17, 15) is 0 Å². The SMILES string of the molecule is Cn1cc(C(N)=S)c(-c2ccc(Cl)c(Cl)c2)n1. The zero-order chi connectivity index (χ0) is 12.6. The van der Waals surface area contributed by atoms with Crippen molar-refractivity contribution in [3.8, 4) is 11.3 Å². The Labute approximate surface area is 114 Å². The lowest BCUT2D eigenvalue weighted by atomic mass is 10.1. The highest BCUT2D eigenvalue weighted by molar-refractivity contribution is 7.80. The fourth-order valence-electron chi connectivity index (χ4n) is 1.53. The molecule has 1 aromatic heterocycles. The summed E-state index contributed by atoms with van der Waals surface area (Å²) in [6, 6.07) is 5.30. The first-order chi connectivity index (χ1) is 7.99. The van der Waals surface area contributed by atoms with Gasteiger partial charge in [0.05, 0.1) is 15.6 Å². The highest BCUT2D eigenvalue weighted by Crippen LogP contribution is 2.29. The minimum atomic E-state index is 0.305. The maximum absolute atomic E-state index is 5.97. The largest absolute Gasteiger partial charge is 0.389 e. The molecule has 6 heteroatoms. The van der Waals surface area contributed by atoms with E-state index >= 15 is 0 Å². The number of thiocarbonyl (C=S) groups is 1. The Bertz CT molecular complexity index is 592. The van der Waals surface area contributed by atoms with Crippen molar-refractivity contribution in [3.05, 3.63) is 40.0 Å². The van der Waals surface area contributed by atoms with Gasteiger partial charge in [-0.3, -0.25) is 4.68 Å². The number of hydrogen-bond acceptors (Lipinski definition) is 2. The number of benzene rings is 1. The van der Waals surface area contributed by atoms with E-state index in [2.05, 4.69) is 5.10 Å². The number of nitrogens with two attached hydrogens (primary N) is 1. The van der Waals surface area contributed by atoms with Gasteiger partial charge in [-0.25, -0.2) is 0 Å². The second-order valence-corrected chi connectivity index (χ2v) is 4.81. The molecular weight excluding hydrogens is 277 g/mol. The van der Waals surface area contributed by atoms with Crippen LogP contribution in [0.4, 0.5) is 0 Å². The predicted molar refractivity (Wildman–Crippen MR) is 74.6 cm³/mol. The molecule has 1 heterocycles. The molecule has 0 atom stereocenters. The third-order valence-corrected chi connectivity index (χ3v) is 3.25. The standard InChI is InChI=1S/C11H9Cl2N3S/c1-16-5-7(11(14)17)10(15-16)6-2-3-8(12)9(13)4-6/h2-5H,1H3,(H2,14,17). The van der Waals surface area contributed by atoms with Crippen LogP contribution >= 0.6 is 35.4 Å². The van der Waals surface area contributed by atoms with Crippen molar-refractivity contribution < 1.29 is 0 Å². The topological polar surface area (TPSA) is 43.8 Å². The van der Waals surface area contributed by atoms with Crippen molar-refractivity contribution >= 4 is 40.4 Å². The summed E-state index contributed by atoms with van der Waals surface area (Å²) in [6.45, 7) is 0. The molecule has 2 N–H and O–H groups in total. The van der Waals surface area contributed by atoms with E-state index in [1.807, 2.05) is 13.1 Å². The maximum atomic E-state index is 5.97. The summed E-state index contributed by atoms with van der Waals surface area (Å²) < 4.78 is 1.66. The molecule has 0 aliphatic carbocycles. The highest BCUT2D eigenvalue weighted by atomic mass is 35.5. The van der Waals surface area contributed by atoms with Crippen molar-refractivity contribution in [2.45, 2.75) is 0 Å². The van der Waals surface area contributed by atoms with Crippen LogP contribution < -0.4 is 5.73 Å². The summed E-state index contributed by atoms with van der Waals surface area (Å²) >= 11 is 16.8. The number of aryl methyl sites for hydroxylation is 1. The Kier molecular flexibility index (Phi) is 3.38. The highest BCUT2D eigenvalue weighted by Gasteiger charge is 2.13. The predicted octanol–water partition coefficient (Wildman–Crippen LogP) is 3.03. The van der Waals surface area contributed by atoms with Gasteiger partial charge in [-0.15, -0.1) is 0 Å². The first kappa shape index (κ1) is 12.4. The maximum Gasteiger partial charge on any atom is 0.107 e. The van der Waals surface area contributed by atoms with Crippen molar-refractivity contribution in [3.63, 3.8) is 0 Å². The average molecular weight is 286 g/mol. The Balaban J connectivity index is 2.59. The Hall–Kier alpha value is -1.10. The third-order valence-electron chi connectivity index (χ3n) is 2.29. The van der Waals surface area contributed by atoms with Gasteiger partial charge >= 0.3 is 0 Å². The fraction of sp³-hybridized carbons (Fsp3) is 0.0909. The molecule has 0 radical (unpaired) electrons. The number of aromatic nitrogens is 2. The lowest BCUT2D eigenvalue weighted by Gasteiger charge is -2.02. The minimum absolute atomic E-state index is 0.305. The summed E-state index contributed by atoms with van der Waals surface area (Å²) in [4.78, 5) is 0.305. The third kappa shape index (κ3) is 2.44. The summed E-state index contributed by atoms with van der Waals surface area (Å²) in [6.07, 6.45) is 1.78. The quantitative estimate of drug-likeness (QED) is 0.863. The summed E-state index contributed by atoms with van der Waals surface area (Å²) in [5.74, 6) is 0. The van der Waals surface area contributed by atoms with E-state index in [0.717, 1.165) is 11.1 Å². The molecule has 0 spiro atoms. The molecule has 0 fully saturated rings. The molecule has 88 valence electrons. The van der Waals surface area contributed by atoms with Crippen LogP contribution in [0.1, 0.15) is 5.56 Å². The summed E-state index contributed by atoms with van der Waals surface area (Å²) in [5.41, 5.74) is 7.92. The number of halogens is 2. The van der Waals surface area contributed by atoms with Gasteiger partial charge in [0, 0.05) is 18.8 Å². The number of rotatable bonds is 2. The van der Waals surface area contributed by atoms with Crippen LogP contribution in [0.3, 0.4) is 0 Å². The van der Waals surface area contributed by atoms with E-state index < -0.39 is 0 Å². The van der Waals surface area contributed by atoms with Gasteiger partial charge in [0.25, 0.3) is 0 Å². The lowest BCUT2D eigenvalue weighted by Crippen LogP contribution is -2.09. The van der Waals surface area contributed by atoms with E-state index in [0.29, 0.717) is 20.7 Å². The second-order valence-electron chi connectivity index (χ2n) is 3.56. The molecule has 0 aliphatic heterocycles. The Morgan fingerprint density at radius 3 is 2.65 bits per heavy atom. The van der Waals surface area contributed by atoms with Gasteiger partial charge < -0.3 is 5.73 Å². The minimum Gasteiger partial charge on any atom is -0.389 e. The first-order valence-electron chi connectivity index (χ1n) is 4.78. The second kappa shape index (κ2) is 4.64. The molecule has 2 rings (SSSR count). The van der Waals surface area contributed by atoms with E-state index in [-0.39, 0.29) is 0 Å². The van der Waals surface area contributed by atoms with Crippen LogP contribution in [0.2, 0.25) is 10.0 Å². The van der Waals surface area contributed by atoms with Crippen LogP contribution in [0.5, 0.6) is 0 Å². The van der Waals surface area contributed by atoms with Crippen LogP contribution in [0.25, 0.3) is 11.3 Å². The van der Waals surface area contributed by atoms with Crippen molar-refractivity contribution in [2.75, 3.05) is 0 Å². The molecule has 2 aromatic rings. The van der Waals surface area contributed by atoms with Crippen molar-refractivity contribution in [1.82, 2.24) is 9.78 Å². The molecule has 0 amide bonds.